The van der Waals surface area contributed by atoms with Crippen LogP contribution in [0.2, 0.25) is 0 Å². The molecule has 3 rings (SSSR count). The van der Waals surface area contributed by atoms with Gasteiger partial charge < -0.3 is 9.72 Å². The fourth-order valence-corrected chi connectivity index (χ4v) is 2.73. The number of aromatic amines is 1. The van der Waals surface area contributed by atoms with E-state index in [0.29, 0.717) is 12.2 Å². The van der Waals surface area contributed by atoms with Crippen molar-refractivity contribution in [2.75, 3.05) is 12.9 Å². The Labute approximate surface area is 133 Å². The second-order valence-corrected chi connectivity index (χ2v) is 5.60. The number of hydrogen-bond acceptors (Lipinski definition) is 4. The Bertz CT molecular complexity index is 864. The molecule has 0 aliphatic rings. The maximum Gasteiger partial charge on any atom is 0.142 e. The second kappa shape index (κ2) is 6.12. The Hall–Kier alpha value is -2.45. The van der Waals surface area contributed by atoms with Crippen LogP contribution in [0, 0.1) is 11.3 Å². The van der Waals surface area contributed by atoms with Crippen molar-refractivity contribution in [1.82, 2.24) is 9.97 Å². The number of nitrogens with one attached hydrogen (secondary N) is 1. The third kappa shape index (κ3) is 2.66. The van der Waals surface area contributed by atoms with E-state index in [4.69, 9.17) is 10.00 Å². The summed E-state index contributed by atoms with van der Waals surface area (Å²) < 4.78 is 5.75. The summed E-state index contributed by atoms with van der Waals surface area (Å²) in [6.45, 7) is 2.57. The lowest BCUT2D eigenvalue weighted by Crippen LogP contribution is -1.95. The van der Waals surface area contributed by atoms with Crippen LogP contribution < -0.4 is 4.74 Å². The van der Waals surface area contributed by atoms with Crippen molar-refractivity contribution in [2.45, 2.75) is 11.8 Å². The number of H-pyrrole nitrogens is 1. The fourth-order valence-electron chi connectivity index (χ4n) is 2.30. The topological polar surface area (TPSA) is 61.7 Å². The number of nitriles is 1. The summed E-state index contributed by atoms with van der Waals surface area (Å²) >= 11 is 1.68. The van der Waals surface area contributed by atoms with Crippen LogP contribution in [0.25, 0.3) is 22.4 Å². The average molecular weight is 309 g/mol. The zero-order chi connectivity index (χ0) is 15.5. The maximum atomic E-state index is 8.98. The second-order valence-electron chi connectivity index (χ2n) is 4.72. The minimum absolute atomic E-state index is 0.601. The number of aromatic nitrogens is 2. The molecule has 3 aromatic rings. The molecule has 0 amide bonds. The Morgan fingerprint density at radius 1 is 1.27 bits per heavy atom. The monoisotopic (exact) mass is 309 g/mol. The van der Waals surface area contributed by atoms with Gasteiger partial charge >= 0.3 is 0 Å². The number of nitrogens with zero attached hydrogens (tertiary/aromatic N) is 2. The van der Waals surface area contributed by atoms with Gasteiger partial charge in [-0.3, -0.25) is 0 Å². The SMILES string of the molecule is CCOc1cc(SC)ccc1-c1nc2cc(C#N)ccc2[nH]1. The largest absolute Gasteiger partial charge is 0.493 e. The third-order valence-corrected chi connectivity index (χ3v) is 4.08. The van der Waals surface area contributed by atoms with Crippen molar-refractivity contribution in [2.24, 2.45) is 0 Å². The first kappa shape index (κ1) is 14.5. The third-order valence-electron chi connectivity index (χ3n) is 3.36. The van der Waals surface area contributed by atoms with Gasteiger partial charge in [0.05, 0.1) is 34.8 Å². The van der Waals surface area contributed by atoms with Crippen LogP contribution in [-0.4, -0.2) is 22.8 Å². The minimum Gasteiger partial charge on any atom is -0.493 e. The Kier molecular flexibility index (Phi) is 4.03. The Balaban J connectivity index is 2.12. The average Bonchev–Trinajstić information content (AvgIpc) is 2.97. The first-order valence-corrected chi connectivity index (χ1v) is 8.18. The lowest BCUT2D eigenvalue weighted by atomic mass is 10.2. The Morgan fingerprint density at radius 3 is 2.86 bits per heavy atom. The standard InChI is InChI=1S/C17H15N3OS/c1-3-21-16-9-12(22-2)5-6-13(16)17-19-14-7-4-11(10-18)8-15(14)20-17/h4-9H,3H2,1-2H3,(H,19,20). The molecule has 0 spiro atoms. The van der Waals surface area contributed by atoms with E-state index in [1.807, 2.05) is 31.4 Å². The highest BCUT2D eigenvalue weighted by Crippen LogP contribution is 2.33. The number of imidazole rings is 1. The number of fused-ring (bicyclic) bond motifs is 1. The lowest BCUT2D eigenvalue weighted by molar-refractivity contribution is 0.340. The molecule has 0 saturated carbocycles. The molecular formula is C17H15N3OS. The van der Waals surface area contributed by atoms with Crippen molar-refractivity contribution in [1.29, 1.82) is 5.26 Å². The zero-order valence-corrected chi connectivity index (χ0v) is 13.2. The predicted molar refractivity (Wildman–Crippen MR) is 89.2 cm³/mol. The highest BCUT2D eigenvalue weighted by Gasteiger charge is 2.12. The van der Waals surface area contributed by atoms with E-state index in [1.165, 1.54) is 0 Å². The summed E-state index contributed by atoms with van der Waals surface area (Å²) in [4.78, 5) is 9.04. The van der Waals surface area contributed by atoms with Crippen molar-refractivity contribution >= 4 is 22.8 Å². The number of thioether (sulfide) groups is 1. The number of rotatable bonds is 4. The number of hydrogen-bond donors (Lipinski definition) is 1. The molecule has 5 heteroatoms. The van der Waals surface area contributed by atoms with Gasteiger partial charge in [-0.15, -0.1) is 11.8 Å². The molecule has 0 aliphatic carbocycles. The van der Waals surface area contributed by atoms with Crippen molar-refractivity contribution < 1.29 is 4.74 Å². The van der Waals surface area contributed by atoms with Crippen molar-refractivity contribution in [3.63, 3.8) is 0 Å². The molecule has 1 aromatic heterocycles. The minimum atomic E-state index is 0.601. The quantitative estimate of drug-likeness (QED) is 0.733. The van der Waals surface area contributed by atoms with Crippen LogP contribution in [0.4, 0.5) is 0 Å². The molecule has 4 nitrogen and oxygen atoms in total. The van der Waals surface area contributed by atoms with Crippen LogP contribution in [0.3, 0.4) is 0 Å². The molecule has 1 heterocycles. The summed E-state index contributed by atoms with van der Waals surface area (Å²) in [5, 5.41) is 8.98. The molecule has 0 fully saturated rings. The molecule has 0 bridgehead atoms. The number of benzene rings is 2. The van der Waals surface area contributed by atoms with Gasteiger partial charge in [-0.1, -0.05) is 0 Å². The molecule has 110 valence electrons. The van der Waals surface area contributed by atoms with E-state index >= 15 is 0 Å². The predicted octanol–water partition coefficient (Wildman–Crippen LogP) is 4.22. The first-order valence-electron chi connectivity index (χ1n) is 6.96. The normalized spacial score (nSPS) is 10.6. The van der Waals surface area contributed by atoms with Crippen LogP contribution in [-0.2, 0) is 0 Å². The van der Waals surface area contributed by atoms with Gasteiger partial charge in [-0.05, 0) is 49.6 Å². The van der Waals surface area contributed by atoms with Crippen molar-refractivity contribution in [3.8, 4) is 23.2 Å². The van der Waals surface area contributed by atoms with E-state index in [2.05, 4.69) is 22.1 Å². The van der Waals surface area contributed by atoms with Gasteiger partial charge in [-0.25, -0.2) is 4.98 Å². The van der Waals surface area contributed by atoms with Crippen LogP contribution >= 0.6 is 11.8 Å². The molecule has 0 unspecified atom stereocenters. The summed E-state index contributed by atoms with van der Waals surface area (Å²) in [6.07, 6.45) is 2.04. The fraction of sp³-hybridized carbons (Fsp3) is 0.176. The van der Waals surface area contributed by atoms with Crippen LogP contribution in [0.1, 0.15) is 12.5 Å². The number of ether oxygens (including phenoxy) is 1. The van der Waals surface area contributed by atoms with E-state index < -0.39 is 0 Å². The van der Waals surface area contributed by atoms with E-state index in [0.717, 1.165) is 33.1 Å². The molecule has 2 aromatic carbocycles. The van der Waals surface area contributed by atoms with Gasteiger partial charge in [0, 0.05) is 4.90 Å². The molecular weight excluding hydrogens is 294 g/mol. The summed E-state index contributed by atoms with van der Waals surface area (Å²) in [5.41, 5.74) is 3.22. The molecule has 0 atom stereocenters. The lowest BCUT2D eigenvalue weighted by Gasteiger charge is -2.09. The molecule has 22 heavy (non-hydrogen) atoms. The summed E-state index contributed by atoms with van der Waals surface area (Å²) in [7, 11) is 0. The van der Waals surface area contributed by atoms with Crippen LogP contribution in [0.5, 0.6) is 5.75 Å². The summed E-state index contributed by atoms with van der Waals surface area (Å²) in [6, 6.07) is 13.7. The maximum absolute atomic E-state index is 8.98. The van der Waals surface area contributed by atoms with E-state index in [1.54, 1.807) is 23.9 Å². The molecule has 0 aliphatic heterocycles. The summed E-state index contributed by atoms with van der Waals surface area (Å²) in [5.74, 6) is 1.56. The van der Waals surface area contributed by atoms with Gasteiger partial charge in [0.25, 0.3) is 0 Å². The zero-order valence-electron chi connectivity index (χ0n) is 12.4. The van der Waals surface area contributed by atoms with E-state index in [9.17, 15) is 0 Å². The van der Waals surface area contributed by atoms with Crippen molar-refractivity contribution in [3.05, 3.63) is 42.0 Å². The first-order chi connectivity index (χ1) is 10.7. The Morgan fingerprint density at radius 2 is 2.14 bits per heavy atom. The molecule has 0 saturated heterocycles. The highest BCUT2D eigenvalue weighted by atomic mass is 32.2. The van der Waals surface area contributed by atoms with Crippen LogP contribution in [0.15, 0.2) is 41.3 Å². The highest BCUT2D eigenvalue weighted by molar-refractivity contribution is 7.98. The van der Waals surface area contributed by atoms with Gasteiger partial charge in [0.1, 0.15) is 11.6 Å². The smallest absolute Gasteiger partial charge is 0.142 e. The molecule has 1 N–H and O–H groups in total. The van der Waals surface area contributed by atoms with Gasteiger partial charge in [0.2, 0.25) is 0 Å². The van der Waals surface area contributed by atoms with E-state index in [-0.39, 0.29) is 0 Å². The van der Waals surface area contributed by atoms with Gasteiger partial charge in [-0.2, -0.15) is 5.26 Å². The molecule has 0 radical (unpaired) electrons. The van der Waals surface area contributed by atoms with Gasteiger partial charge in [0.15, 0.2) is 0 Å².